The second kappa shape index (κ2) is 7.50. The number of phenols is 4. The van der Waals surface area contributed by atoms with E-state index >= 15 is 0 Å². The lowest BCUT2D eigenvalue weighted by Gasteiger charge is -2.22. The Bertz CT molecular complexity index is 821. The minimum absolute atomic E-state index is 0.174. The first-order valence-electron chi connectivity index (χ1n) is 7.28. The van der Waals surface area contributed by atoms with Gasteiger partial charge in [-0.25, -0.2) is 3.71 Å². The van der Waals surface area contributed by atoms with Gasteiger partial charge in [0.25, 0.3) is 0 Å². The molecule has 3 aromatic rings. The van der Waals surface area contributed by atoms with E-state index < -0.39 is 0 Å². The van der Waals surface area contributed by atoms with Crippen molar-refractivity contribution in [2.75, 3.05) is 3.71 Å². The Morgan fingerprint density at radius 3 is 1.48 bits per heavy atom. The second-order valence-electron chi connectivity index (χ2n) is 5.08. The monoisotopic (exact) mass is 373 g/mol. The summed E-state index contributed by atoms with van der Waals surface area (Å²) in [6.07, 6.45) is 0. The summed E-state index contributed by atoms with van der Waals surface area (Å²) in [6.45, 7) is 0. The van der Waals surface area contributed by atoms with E-state index in [-0.39, 0.29) is 23.0 Å². The zero-order valence-electron chi connectivity index (χ0n) is 12.9. The smallest absolute Gasteiger partial charge is 0.158 e. The Hall–Kier alpha value is -2.64. The van der Waals surface area contributed by atoms with Gasteiger partial charge in [0.1, 0.15) is 0 Å². The van der Waals surface area contributed by atoms with Crippen LogP contribution in [0.4, 0.5) is 5.69 Å². The molecule has 0 amide bonds. The summed E-state index contributed by atoms with van der Waals surface area (Å²) in [6, 6.07) is 18.8. The molecule has 0 aromatic heterocycles. The third-order valence-corrected chi connectivity index (χ3v) is 5.37. The number of aromatic hydroxyl groups is 4. The largest absolute Gasteiger partial charge is 0.504 e. The number of hydrogen-bond donors (Lipinski definition) is 4. The average molecular weight is 373 g/mol. The van der Waals surface area contributed by atoms with Crippen molar-refractivity contribution in [1.29, 1.82) is 0 Å². The number of phenolic OH excluding ortho intramolecular Hbond substituents is 4. The predicted molar refractivity (Wildman–Crippen MR) is 100 cm³/mol. The Labute approximate surface area is 153 Å². The Morgan fingerprint density at radius 1 is 0.560 bits per heavy atom. The highest BCUT2D eigenvalue weighted by Crippen LogP contribution is 2.42. The minimum atomic E-state index is -0.190. The van der Waals surface area contributed by atoms with Crippen molar-refractivity contribution in [3.8, 4) is 23.0 Å². The topological polar surface area (TPSA) is 84.2 Å². The van der Waals surface area contributed by atoms with E-state index in [0.717, 1.165) is 15.5 Å². The van der Waals surface area contributed by atoms with Crippen molar-refractivity contribution in [3.63, 3.8) is 0 Å². The molecule has 4 N–H and O–H groups in total. The molecule has 0 fully saturated rings. The van der Waals surface area contributed by atoms with Gasteiger partial charge in [0, 0.05) is 9.79 Å². The van der Waals surface area contributed by atoms with Crippen molar-refractivity contribution in [2.45, 2.75) is 9.79 Å². The van der Waals surface area contributed by atoms with Gasteiger partial charge in [-0.15, -0.1) is 0 Å². The molecule has 0 aliphatic rings. The molecule has 0 heterocycles. The number of para-hydroxylation sites is 1. The van der Waals surface area contributed by atoms with Gasteiger partial charge in [0.2, 0.25) is 0 Å². The molecule has 0 bridgehead atoms. The Balaban J connectivity index is 1.89. The van der Waals surface area contributed by atoms with Crippen LogP contribution in [0, 0.1) is 0 Å². The molecule has 0 aliphatic heterocycles. The van der Waals surface area contributed by atoms with Gasteiger partial charge in [0.05, 0.1) is 5.69 Å². The summed E-state index contributed by atoms with van der Waals surface area (Å²) >= 11 is 2.70. The maximum atomic E-state index is 9.69. The molecule has 25 heavy (non-hydrogen) atoms. The lowest BCUT2D eigenvalue weighted by atomic mass is 10.3. The summed E-state index contributed by atoms with van der Waals surface area (Å²) in [4.78, 5) is 1.46. The van der Waals surface area contributed by atoms with E-state index in [0.29, 0.717) is 0 Å². The van der Waals surface area contributed by atoms with Crippen molar-refractivity contribution in [2.24, 2.45) is 0 Å². The van der Waals surface area contributed by atoms with Crippen LogP contribution in [0.5, 0.6) is 23.0 Å². The molecule has 3 rings (SSSR count). The summed E-state index contributed by atoms with van der Waals surface area (Å²) in [5, 5.41) is 38.3. The van der Waals surface area contributed by atoms with Gasteiger partial charge in [-0.2, -0.15) is 0 Å². The molecule has 0 unspecified atom stereocenters. The van der Waals surface area contributed by atoms with Crippen LogP contribution in [0.1, 0.15) is 0 Å². The van der Waals surface area contributed by atoms with Gasteiger partial charge >= 0.3 is 0 Å². The van der Waals surface area contributed by atoms with E-state index in [4.69, 9.17) is 0 Å². The molecular weight excluding hydrogens is 358 g/mol. The molecule has 7 heteroatoms. The number of nitrogens with zero attached hydrogens (tertiary/aromatic N) is 1. The molecule has 0 spiro atoms. The van der Waals surface area contributed by atoms with Gasteiger partial charge < -0.3 is 20.4 Å². The maximum Gasteiger partial charge on any atom is 0.158 e. The fourth-order valence-electron chi connectivity index (χ4n) is 1.99. The number of benzene rings is 3. The second-order valence-corrected chi connectivity index (χ2v) is 7.35. The fourth-order valence-corrected chi connectivity index (χ4v) is 4.07. The van der Waals surface area contributed by atoms with Crippen LogP contribution in [0.15, 0.2) is 76.5 Å². The molecule has 0 aliphatic carbocycles. The summed E-state index contributed by atoms with van der Waals surface area (Å²) in [5.74, 6) is -0.728. The lowest BCUT2D eigenvalue weighted by Crippen LogP contribution is -2.03. The fraction of sp³-hybridized carbons (Fsp3) is 0. The van der Waals surface area contributed by atoms with Crippen LogP contribution in [-0.4, -0.2) is 20.4 Å². The maximum absolute atomic E-state index is 9.69. The summed E-state index contributed by atoms with van der Waals surface area (Å²) < 4.78 is 1.90. The summed E-state index contributed by atoms with van der Waals surface area (Å²) in [7, 11) is 0. The first kappa shape index (κ1) is 17.2. The van der Waals surface area contributed by atoms with E-state index in [9.17, 15) is 20.4 Å². The van der Waals surface area contributed by atoms with Crippen molar-refractivity contribution < 1.29 is 20.4 Å². The SMILES string of the molecule is Oc1ccc(SN(Sc2ccc(O)c(O)c2)c2ccccc2)cc1O. The quantitative estimate of drug-likeness (QED) is 0.380. The summed E-state index contributed by atoms with van der Waals surface area (Å²) in [5.41, 5.74) is 0.901. The van der Waals surface area contributed by atoms with Crippen LogP contribution >= 0.6 is 23.9 Å². The highest BCUT2D eigenvalue weighted by Gasteiger charge is 2.13. The third-order valence-electron chi connectivity index (χ3n) is 3.24. The van der Waals surface area contributed by atoms with Crippen LogP contribution in [0.2, 0.25) is 0 Å². The number of rotatable bonds is 5. The first-order valence-corrected chi connectivity index (χ1v) is 8.82. The molecule has 128 valence electrons. The Morgan fingerprint density at radius 2 is 1.04 bits per heavy atom. The minimum Gasteiger partial charge on any atom is -0.504 e. The van der Waals surface area contributed by atoms with Crippen LogP contribution < -0.4 is 3.71 Å². The van der Waals surface area contributed by atoms with Gasteiger partial charge in [-0.1, -0.05) is 18.2 Å². The number of anilines is 1. The van der Waals surface area contributed by atoms with Crippen LogP contribution in [0.25, 0.3) is 0 Å². The zero-order chi connectivity index (χ0) is 17.8. The van der Waals surface area contributed by atoms with Crippen molar-refractivity contribution in [1.82, 2.24) is 0 Å². The van der Waals surface area contributed by atoms with Crippen LogP contribution in [0.3, 0.4) is 0 Å². The van der Waals surface area contributed by atoms with E-state index in [1.165, 1.54) is 48.2 Å². The highest BCUT2D eigenvalue weighted by atomic mass is 32.2. The lowest BCUT2D eigenvalue weighted by molar-refractivity contribution is 0.402. The van der Waals surface area contributed by atoms with Gasteiger partial charge in [-0.05, 0) is 72.4 Å². The molecule has 0 saturated heterocycles. The average Bonchev–Trinajstić information content (AvgIpc) is 2.61. The third kappa shape index (κ3) is 4.26. The Kier molecular flexibility index (Phi) is 5.16. The first-order chi connectivity index (χ1) is 12.0. The predicted octanol–water partition coefficient (Wildman–Crippen LogP) is 4.73. The molecule has 0 saturated carbocycles. The number of hydrogen-bond acceptors (Lipinski definition) is 7. The standard InChI is InChI=1S/C18H15NO4S2/c20-15-8-6-13(10-17(15)22)24-19(12-4-2-1-3-5-12)25-14-7-9-16(21)18(23)11-14/h1-11,20-23H. The van der Waals surface area contributed by atoms with Crippen LogP contribution in [-0.2, 0) is 0 Å². The highest BCUT2D eigenvalue weighted by molar-refractivity contribution is 8.18. The molecular formula is C18H15NO4S2. The normalized spacial score (nSPS) is 10.6. The van der Waals surface area contributed by atoms with E-state index in [1.807, 2.05) is 34.0 Å². The zero-order valence-corrected chi connectivity index (χ0v) is 14.5. The molecule has 3 aromatic carbocycles. The van der Waals surface area contributed by atoms with Crippen molar-refractivity contribution >= 4 is 29.6 Å². The van der Waals surface area contributed by atoms with Gasteiger partial charge in [0.15, 0.2) is 23.0 Å². The molecule has 0 atom stereocenters. The van der Waals surface area contributed by atoms with E-state index in [1.54, 1.807) is 12.1 Å². The van der Waals surface area contributed by atoms with E-state index in [2.05, 4.69) is 0 Å². The molecule has 0 radical (unpaired) electrons. The van der Waals surface area contributed by atoms with Crippen molar-refractivity contribution in [3.05, 3.63) is 66.7 Å². The van der Waals surface area contributed by atoms with Gasteiger partial charge in [-0.3, -0.25) is 0 Å². The molecule has 5 nitrogen and oxygen atoms in total.